The third kappa shape index (κ3) is 2.55. The molecule has 0 aliphatic rings. The Morgan fingerprint density at radius 3 is 2.40 bits per heavy atom. The Bertz CT molecular complexity index is 732. The topological polar surface area (TPSA) is 108 Å². The summed E-state index contributed by atoms with van der Waals surface area (Å²) < 4.78 is 26.2. The van der Waals surface area contributed by atoms with Gasteiger partial charge in [0.15, 0.2) is 0 Å². The first-order valence-electron chi connectivity index (χ1n) is 5.87. The van der Waals surface area contributed by atoms with Crippen molar-refractivity contribution in [2.24, 2.45) is 5.73 Å². The maximum atomic E-state index is 12.3. The third-order valence-electron chi connectivity index (χ3n) is 2.72. The van der Waals surface area contributed by atoms with Gasteiger partial charge in [-0.15, -0.1) is 0 Å². The number of hydrogen-bond donors (Lipinski definition) is 1. The van der Waals surface area contributed by atoms with Gasteiger partial charge < -0.3 is 5.73 Å². The van der Waals surface area contributed by atoms with Crippen LogP contribution in [0.15, 0.2) is 40.5 Å². The first-order chi connectivity index (χ1) is 9.32. The second-order valence-electron chi connectivity index (χ2n) is 4.50. The molecule has 2 N–H and O–H groups in total. The highest BCUT2D eigenvalue weighted by Crippen LogP contribution is 2.20. The Hall–Kier alpha value is -2.22. The molecule has 0 aliphatic carbocycles. The maximum Gasteiger partial charge on any atom is 0.267 e. The standard InChI is InChI=1S/C12H14N4O3S/c1-8(2)16-7-10(6-15-16)20(18,19)9-3-4-11(12(13)17)14-5-9/h3-8H,1-2H3,(H2,13,17). The average Bonchev–Trinajstić information content (AvgIpc) is 2.89. The number of carbonyl (C=O) groups excluding carboxylic acids is 1. The predicted molar refractivity (Wildman–Crippen MR) is 70.8 cm³/mol. The molecule has 0 atom stereocenters. The highest BCUT2D eigenvalue weighted by Gasteiger charge is 2.21. The Morgan fingerprint density at radius 1 is 1.25 bits per heavy atom. The zero-order valence-corrected chi connectivity index (χ0v) is 11.8. The summed E-state index contributed by atoms with van der Waals surface area (Å²) in [5.41, 5.74) is 5.07. The Kier molecular flexibility index (Phi) is 3.58. The van der Waals surface area contributed by atoms with Crippen molar-refractivity contribution in [2.45, 2.75) is 29.7 Å². The van der Waals surface area contributed by atoms with Crippen LogP contribution in [0.4, 0.5) is 0 Å². The van der Waals surface area contributed by atoms with Gasteiger partial charge in [0.05, 0.1) is 11.1 Å². The van der Waals surface area contributed by atoms with Gasteiger partial charge in [-0.1, -0.05) is 0 Å². The van der Waals surface area contributed by atoms with Crippen LogP contribution in [0, 0.1) is 0 Å². The number of sulfone groups is 1. The molecule has 8 heteroatoms. The summed E-state index contributed by atoms with van der Waals surface area (Å²) in [5, 5.41) is 4.00. The molecule has 106 valence electrons. The molecule has 2 aromatic heterocycles. The number of aromatic nitrogens is 3. The van der Waals surface area contributed by atoms with E-state index in [9.17, 15) is 13.2 Å². The van der Waals surface area contributed by atoms with Gasteiger partial charge in [0.25, 0.3) is 5.91 Å². The number of primary amides is 1. The molecule has 0 bridgehead atoms. The summed E-state index contributed by atoms with van der Waals surface area (Å²) in [4.78, 5) is 14.7. The van der Waals surface area contributed by atoms with Gasteiger partial charge >= 0.3 is 0 Å². The molecule has 0 aromatic carbocycles. The third-order valence-corrected chi connectivity index (χ3v) is 4.41. The molecular formula is C12H14N4O3S. The highest BCUT2D eigenvalue weighted by molar-refractivity contribution is 7.91. The number of hydrogen-bond acceptors (Lipinski definition) is 5. The molecule has 0 saturated carbocycles. The maximum absolute atomic E-state index is 12.3. The van der Waals surface area contributed by atoms with Crippen LogP contribution in [-0.2, 0) is 9.84 Å². The van der Waals surface area contributed by atoms with Crippen LogP contribution in [0.25, 0.3) is 0 Å². The predicted octanol–water partition coefficient (Wildman–Crippen LogP) is 0.791. The first kappa shape index (κ1) is 14.2. The summed E-state index contributed by atoms with van der Waals surface area (Å²) in [6, 6.07) is 2.64. The van der Waals surface area contributed by atoms with Crippen molar-refractivity contribution in [2.75, 3.05) is 0 Å². The zero-order valence-electron chi connectivity index (χ0n) is 11.0. The van der Waals surface area contributed by atoms with Gasteiger partial charge in [0.1, 0.15) is 10.6 Å². The molecular weight excluding hydrogens is 280 g/mol. The first-order valence-corrected chi connectivity index (χ1v) is 7.36. The van der Waals surface area contributed by atoms with Gasteiger partial charge in [-0.05, 0) is 26.0 Å². The minimum Gasteiger partial charge on any atom is -0.364 e. The van der Waals surface area contributed by atoms with Crippen molar-refractivity contribution >= 4 is 15.7 Å². The smallest absolute Gasteiger partial charge is 0.267 e. The van der Waals surface area contributed by atoms with E-state index in [-0.39, 0.29) is 21.5 Å². The van der Waals surface area contributed by atoms with Crippen LogP contribution in [-0.4, -0.2) is 29.1 Å². The average molecular weight is 294 g/mol. The number of nitrogens with zero attached hydrogens (tertiary/aromatic N) is 3. The van der Waals surface area contributed by atoms with E-state index in [1.54, 1.807) is 4.68 Å². The van der Waals surface area contributed by atoms with Crippen LogP contribution in [0.2, 0.25) is 0 Å². The summed E-state index contributed by atoms with van der Waals surface area (Å²) in [6.45, 7) is 3.79. The lowest BCUT2D eigenvalue weighted by Gasteiger charge is -2.04. The molecule has 2 rings (SSSR count). The van der Waals surface area contributed by atoms with Gasteiger partial charge in [-0.3, -0.25) is 9.48 Å². The van der Waals surface area contributed by atoms with Crippen LogP contribution in [0.1, 0.15) is 30.4 Å². The molecule has 0 spiro atoms. The number of amides is 1. The van der Waals surface area contributed by atoms with Gasteiger partial charge in [0.2, 0.25) is 9.84 Å². The Labute approximate surface area is 116 Å². The molecule has 7 nitrogen and oxygen atoms in total. The summed E-state index contributed by atoms with van der Waals surface area (Å²) >= 11 is 0. The molecule has 0 radical (unpaired) electrons. The molecule has 0 fully saturated rings. The number of pyridine rings is 1. The summed E-state index contributed by atoms with van der Waals surface area (Å²) in [5.74, 6) is -0.707. The summed E-state index contributed by atoms with van der Waals surface area (Å²) in [7, 11) is -3.69. The van der Waals surface area contributed by atoms with Crippen LogP contribution < -0.4 is 5.73 Å². The fraction of sp³-hybridized carbons (Fsp3) is 0.250. The van der Waals surface area contributed by atoms with E-state index < -0.39 is 15.7 Å². The number of carbonyl (C=O) groups is 1. The van der Waals surface area contributed by atoms with E-state index in [2.05, 4.69) is 10.1 Å². The van der Waals surface area contributed by atoms with E-state index in [1.165, 1.54) is 24.5 Å². The van der Waals surface area contributed by atoms with Crippen molar-refractivity contribution in [1.29, 1.82) is 0 Å². The van der Waals surface area contributed by atoms with Crippen molar-refractivity contribution < 1.29 is 13.2 Å². The fourth-order valence-electron chi connectivity index (χ4n) is 1.56. The fourth-order valence-corrected chi connectivity index (χ4v) is 2.71. The monoisotopic (exact) mass is 294 g/mol. The minimum absolute atomic E-state index is 0.00851. The SMILES string of the molecule is CC(C)n1cc(S(=O)(=O)c2ccc(C(N)=O)nc2)cn1. The van der Waals surface area contributed by atoms with Crippen molar-refractivity contribution in [3.05, 3.63) is 36.4 Å². The van der Waals surface area contributed by atoms with E-state index in [0.29, 0.717) is 0 Å². The van der Waals surface area contributed by atoms with E-state index in [0.717, 1.165) is 6.20 Å². The van der Waals surface area contributed by atoms with Gasteiger partial charge in [-0.25, -0.2) is 13.4 Å². The lowest BCUT2D eigenvalue weighted by molar-refractivity contribution is 0.0995. The second kappa shape index (κ2) is 5.04. The van der Waals surface area contributed by atoms with Crippen molar-refractivity contribution in [3.8, 4) is 0 Å². The largest absolute Gasteiger partial charge is 0.364 e. The normalized spacial score (nSPS) is 11.8. The molecule has 1 amide bonds. The van der Waals surface area contributed by atoms with Crippen molar-refractivity contribution in [1.82, 2.24) is 14.8 Å². The zero-order chi connectivity index (χ0) is 14.9. The van der Waals surface area contributed by atoms with Crippen LogP contribution in [0.3, 0.4) is 0 Å². The number of rotatable bonds is 4. The summed E-state index contributed by atoms with van der Waals surface area (Å²) in [6.07, 6.45) is 3.86. The molecule has 0 aliphatic heterocycles. The molecule has 0 unspecified atom stereocenters. The molecule has 2 heterocycles. The lowest BCUT2D eigenvalue weighted by Crippen LogP contribution is -2.13. The Balaban J connectivity index is 2.41. The Morgan fingerprint density at radius 2 is 1.95 bits per heavy atom. The quantitative estimate of drug-likeness (QED) is 0.896. The molecule has 2 aromatic rings. The molecule has 0 saturated heterocycles. The van der Waals surface area contributed by atoms with Crippen molar-refractivity contribution in [3.63, 3.8) is 0 Å². The second-order valence-corrected chi connectivity index (χ2v) is 6.45. The number of nitrogens with two attached hydrogens (primary N) is 1. The minimum atomic E-state index is -3.69. The highest BCUT2D eigenvalue weighted by atomic mass is 32.2. The van der Waals surface area contributed by atoms with Gasteiger partial charge in [-0.2, -0.15) is 5.10 Å². The van der Waals surface area contributed by atoms with Crippen LogP contribution >= 0.6 is 0 Å². The molecule has 20 heavy (non-hydrogen) atoms. The van der Waals surface area contributed by atoms with E-state index >= 15 is 0 Å². The van der Waals surface area contributed by atoms with E-state index in [4.69, 9.17) is 5.73 Å². The van der Waals surface area contributed by atoms with Gasteiger partial charge in [0, 0.05) is 18.4 Å². The van der Waals surface area contributed by atoms with Crippen LogP contribution in [0.5, 0.6) is 0 Å². The van der Waals surface area contributed by atoms with E-state index in [1.807, 2.05) is 13.8 Å². The lowest BCUT2D eigenvalue weighted by atomic mass is 10.3.